The molecule has 1 aliphatic rings. The van der Waals surface area contributed by atoms with Gasteiger partial charge in [0.2, 0.25) is 0 Å². The molecule has 1 nitrogen and oxygen atoms in total. The number of hydrogen-bond acceptors (Lipinski definition) is 1. The maximum Gasteiger partial charge on any atom is 0.119 e. The molecule has 0 aliphatic heterocycles. The highest BCUT2D eigenvalue weighted by Crippen LogP contribution is 2.41. The van der Waals surface area contributed by atoms with Crippen LogP contribution in [-0.2, 0) is 6.42 Å². The Labute approximate surface area is 143 Å². The molecule has 0 heterocycles. The molecule has 1 aliphatic carbocycles. The molecule has 1 heteroatoms. The Hall–Kier alpha value is -2.54. The van der Waals surface area contributed by atoms with E-state index in [9.17, 15) is 0 Å². The maximum absolute atomic E-state index is 5.78. The summed E-state index contributed by atoms with van der Waals surface area (Å²) in [6.07, 6.45) is 3.29. The maximum atomic E-state index is 5.78. The molecule has 3 aromatic rings. The molecule has 0 saturated heterocycles. The second-order valence-electron chi connectivity index (χ2n) is 6.39. The second kappa shape index (κ2) is 6.52. The predicted octanol–water partition coefficient (Wildman–Crippen LogP) is 6.10. The van der Waals surface area contributed by atoms with Gasteiger partial charge in [0.15, 0.2) is 0 Å². The second-order valence-corrected chi connectivity index (χ2v) is 6.39. The summed E-state index contributed by atoms with van der Waals surface area (Å²) in [7, 11) is 0. The molecule has 0 saturated carbocycles. The zero-order chi connectivity index (χ0) is 16.4. The molecule has 0 spiro atoms. The topological polar surface area (TPSA) is 9.23 Å². The first-order valence-electron chi connectivity index (χ1n) is 8.80. The normalized spacial score (nSPS) is 11.9. The Morgan fingerprint density at radius 2 is 1.54 bits per heavy atom. The fourth-order valence-corrected chi connectivity index (χ4v) is 3.49. The molecule has 3 aromatic carbocycles. The van der Waals surface area contributed by atoms with Crippen molar-refractivity contribution in [2.45, 2.75) is 26.2 Å². The van der Waals surface area contributed by atoms with Gasteiger partial charge in [0.25, 0.3) is 0 Å². The summed E-state index contributed by atoms with van der Waals surface area (Å²) in [5, 5.41) is 0. The molecular formula is C23H22O. The summed E-state index contributed by atoms with van der Waals surface area (Å²) in [4.78, 5) is 0. The van der Waals surface area contributed by atoms with Crippen LogP contribution in [0.5, 0.6) is 5.75 Å². The molecule has 0 amide bonds. The van der Waals surface area contributed by atoms with Crippen molar-refractivity contribution in [3.63, 3.8) is 0 Å². The van der Waals surface area contributed by atoms with Crippen LogP contribution in [0.1, 0.15) is 30.9 Å². The smallest absolute Gasteiger partial charge is 0.119 e. The molecular weight excluding hydrogens is 292 g/mol. The Kier molecular flexibility index (Phi) is 4.08. The standard InChI is InChI=1S/C23H22O/c1-2-3-15-24-19-13-11-17(12-14-19)20-9-6-10-22-21-8-5-4-7-18(21)16-23(20)22/h4-14H,2-3,15-16H2,1H3. The van der Waals surface area contributed by atoms with Gasteiger partial charge < -0.3 is 4.74 Å². The van der Waals surface area contributed by atoms with E-state index in [2.05, 4.69) is 73.7 Å². The SMILES string of the molecule is CCCCOc1ccc(-c2cccc3c2Cc2ccccc2-3)cc1. The molecule has 0 atom stereocenters. The highest BCUT2D eigenvalue weighted by molar-refractivity contribution is 5.84. The Balaban J connectivity index is 1.64. The molecule has 0 fully saturated rings. The van der Waals surface area contributed by atoms with Gasteiger partial charge in [0.1, 0.15) is 5.75 Å². The van der Waals surface area contributed by atoms with Gasteiger partial charge in [-0.05, 0) is 58.4 Å². The van der Waals surface area contributed by atoms with Gasteiger partial charge in [-0.25, -0.2) is 0 Å². The van der Waals surface area contributed by atoms with Crippen LogP contribution in [0.2, 0.25) is 0 Å². The van der Waals surface area contributed by atoms with Crippen LogP contribution in [0.15, 0.2) is 66.7 Å². The van der Waals surface area contributed by atoms with E-state index in [1.807, 2.05) is 0 Å². The van der Waals surface area contributed by atoms with Crippen LogP contribution in [-0.4, -0.2) is 6.61 Å². The van der Waals surface area contributed by atoms with Gasteiger partial charge in [0.05, 0.1) is 6.61 Å². The van der Waals surface area contributed by atoms with E-state index in [-0.39, 0.29) is 0 Å². The van der Waals surface area contributed by atoms with Crippen molar-refractivity contribution in [1.29, 1.82) is 0 Å². The summed E-state index contributed by atoms with van der Waals surface area (Å²) < 4.78 is 5.78. The van der Waals surface area contributed by atoms with E-state index in [0.717, 1.165) is 31.6 Å². The number of benzene rings is 3. The van der Waals surface area contributed by atoms with Crippen LogP contribution in [0.3, 0.4) is 0 Å². The Bertz CT molecular complexity index is 846. The van der Waals surface area contributed by atoms with Gasteiger partial charge in [-0.1, -0.05) is 67.9 Å². The summed E-state index contributed by atoms with van der Waals surface area (Å²) in [6, 6.07) is 23.9. The van der Waals surface area contributed by atoms with E-state index in [1.165, 1.54) is 33.4 Å². The first-order valence-corrected chi connectivity index (χ1v) is 8.80. The van der Waals surface area contributed by atoms with Crippen molar-refractivity contribution in [3.05, 3.63) is 77.9 Å². The molecule has 0 unspecified atom stereocenters. The average Bonchev–Trinajstić information content (AvgIpc) is 3.01. The summed E-state index contributed by atoms with van der Waals surface area (Å²) in [5.41, 5.74) is 8.24. The van der Waals surface area contributed by atoms with Crippen LogP contribution in [0.25, 0.3) is 22.3 Å². The van der Waals surface area contributed by atoms with E-state index in [1.54, 1.807) is 0 Å². The minimum absolute atomic E-state index is 0.798. The quantitative estimate of drug-likeness (QED) is 0.404. The minimum atomic E-state index is 0.798. The zero-order valence-electron chi connectivity index (χ0n) is 14.1. The molecule has 4 rings (SSSR count). The van der Waals surface area contributed by atoms with Crippen molar-refractivity contribution in [1.82, 2.24) is 0 Å². The van der Waals surface area contributed by atoms with Crippen molar-refractivity contribution >= 4 is 0 Å². The van der Waals surface area contributed by atoms with Gasteiger partial charge in [-0.2, -0.15) is 0 Å². The zero-order valence-corrected chi connectivity index (χ0v) is 14.1. The van der Waals surface area contributed by atoms with E-state index in [0.29, 0.717) is 0 Å². The lowest BCUT2D eigenvalue weighted by Crippen LogP contribution is -1.96. The highest BCUT2D eigenvalue weighted by atomic mass is 16.5. The lowest BCUT2D eigenvalue weighted by atomic mass is 9.96. The molecule has 0 radical (unpaired) electrons. The lowest BCUT2D eigenvalue weighted by molar-refractivity contribution is 0.309. The van der Waals surface area contributed by atoms with Gasteiger partial charge in [-0.3, -0.25) is 0 Å². The number of hydrogen-bond donors (Lipinski definition) is 0. The van der Waals surface area contributed by atoms with E-state index < -0.39 is 0 Å². The number of ether oxygens (including phenoxy) is 1. The third-order valence-corrected chi connectivity index (χ3v) is 4.78. The third-order valence-electron chi connectivity index (χ3n) is 4.78. The Morgan fingerprint density at radius 3 is 2.38 bits per heavy atom. The van der Waals surface area contributed by atoms with Gasteiger partial charge >= 0.3 is 0 Å². The van der Waals surface area contributed by atoms with Gasteiger partial charge in [-0.15, -0.1) is 0 Å². The first kappa shape index (κ1) is 15.0. The fraction of sp³-hybridized carbons (Fsp3) is 0.217. The lowest BCUT2D eigenvalue weighted by Gasteiger charge is -2.10. The summed E-state index contributed by atoms with van der Waals surface area (Å²) in [6.45, 7) is 2.98. The van der Waals surface area contributed by atoms with Crippen molar-refractivity contribution < 1.29 is 4.74 Å². The molecule has 120 valence electrons. The fourth-order valence-electron chi connectivity index (χ4n) is 3.49. The third kappa shape index (κ3) is 2.71. The van der Waals surface area contributed by atoms with Crippen LogP contribution >= 0.6 is 0 Å². The average molecular weight is 314 g/mol. The Morgan fingerprint density at radius 1 is 0.792 bits per heavy atom. The largest absolute Gasteiger partial charge is 0.494 e. The minimum Gasteiger partial charge on any atom is -0.494 e. The monoisotopic (exact) mass is 314 g/mol. The number of unbranched alkanes of at least 4 members (excludes halogenated alkanes) is 1. The van der Waals surface area contributed by atoms with Crippen molar-refractivity contribution in [2.24, 2.45) is 0 Å². The number of fused-ring (bicyclic) bond motifs is 3. The van der Waals surface area contributed by atoms with Crippen molar-refractivity contribution in [2.75, 3.05) is 6.61 Å². The highest BCUT2D eigenvalue weighted by Gasteiger charge is 2.20. The van der Waals surface area contributed by atoms with E-state index in [4.69, 9.17) is 4.74 Å². The first-order chi connectivity index (χ1) is 11.9. The van der Waals surface area contributed by atoms with Crippen LogP contribution < -0.4 is 4.74 Å². The van der Waals surface area contributed by atoms with Crippen molar-refractivity contribution in [3.8, 4) is 28.0 Å². The molecule has 24 heavy (non-hydrogen) atoms. The molecule has 0 N–H and O–H groups in total. The molecule has 0 bridgehead atoms. The predicted molar refractivity (Wildman–Crippen MR) is 101 cm³/mol. The van der Waals surface area contributed by atoms with Crippen LogP contribution in [0.4, 0.5) is 0 Å². The van der Waals surface area contributed by atoms with E-state index >= 15 is 0 Å². The van der Waals surface area contributed by atoms with Crippen LogP contribution in [0, 0.1) is 0 Å². The van der Waals surface area contributed by atoms with Gasteiger partial charge in [0, 0.05) is 0 Å². The molecule has 0 aromatic heterocycles. The summed E-state index contributed by atoms with van der Waals surface area (Å²) in [5.74, 6) is 0.961. The summed E-state index contributed by atoms with van der Waals surface area (Å²) >= 11 is 0. The number of rotatable bonds is 5.